The molecule has 1 amide bonds. The van der Waals surface area contributed by atoms with Gasteiger partial charge in [-0.2, -0.15) is 0 Å². The summed E-state index contributed by atoms with van der Waals surface area (Å²) in [5.74, 6) is 0.543. The van der Waals surface area contributed by atoms with Crippen molar-refractivity contribution in [2.24, 2.45) is 0 Å². The van der Waals surface area contributed by atoms with Gasteiger partial charge in [0.25, 0.3) is 5.91 Å². The molecule has 0 radical (unpaired) electrons. The lowest BCUT2D eigenvalue weighted by atomic mass is 10.2. The van der Waals surface area contributed by atoms with Crippen LogP contribution in [0, 0.1) is 0 Å². The normalized spacial score (nSPS) is 10.3. The first-order valence-corrected chi connectivity index (χ1v) is 8.84. The molecule has 0 spiro atoms. The van der Waals surface area contributed by atoms with Crippen molar-refractivity contribution < 1.29 is 19.1 Å². The molecule has 0 aliphatic heterocycles. The van der Waals surface area contributed by atoms with Gasteiger partial charge >= 0.3 is 0 Å². The third-order valence-corrected chi connectivity index (χ3v) is 4.02. The number of benzene rings is 2. The second-order valence-corrected chi connectivity index (χ2v) is 6.31. The smallest absolute Gasteiger partial charge is 0.258 e. The minimum absolute atomic E-state index is 0.233. The van der Waals surface area contributed by atoms with E-state index in [2.05, 4.69) is 5.32 Å². The number of halogens is 2. The maximum atomic E-state index is 12.0. The number of carbonyl (C=O) groups excluding carboxylic acids is 2. The predicted octanol–water partition coefficient (Wildman–Crippen LogP) is 4.29. The number of carbonyl (C=O) groups is 2. The van der Waals surface area contributed by atoms with Crippen LogP contribution in [0.5, 0.6) is 11.5 Å². The molecule has 26 heavy (non-hydrogen) atoms. The van der Waals surface area contributed by atoms with Gasteiger partial charge in [0.05, 0.1) is 12.2 Å². The zero-order valence-corrected chi connectivity index (χ0v) is 15.8. The van der Waals surface area contributed by atoms with Crippen molar-refractivity contribution in [3.63, 3.8) is 0 Å². The average Bonchev–Trinajstić information content (AvgIpc) is 2.64. The van der Waals surface area contributed by atoms with Gasteiger partial charge in [-0.25, -0.2) is 0 Å². The number of amides is 1. The maximum Gasteiger partial charge on any atom is 0.258 e. The van der Waals surface area contributed by atoms with Crippen LogP contribution in [-0.2, 0) is 11.3 Å². The first kappa shape index (κ1) is 20.1. The topological polar surface area (TPSA) is 64.6 Å². The molecule has 0 fully saturated rings. The summed E-state index contributed by atoms with van der Waals surface area (Å²) in [5, 5.41) is 3.71. The summed E-state index contributed by atoms with van der Waals surface area (Å²) in [4.78, 5) is 23.1. The maximum absolute atomic E-state index is 12.0. The summed E-state index contributed by atoms with van der Waals surface area (Å²) in [6.07, 6.45) is 1.53. The molecule has 0 saturated carbocycles. The van der Waals surface area contributed by atoms with Crippen molar-refractivity contribution >= 4 is 35.4 Å². The molecule has 5 nitrogen and oxygen atoms in total. The van der Waals surface area contributed by atoms with E-state index >= 15 is 0 Å². The lowest BCUT2D eigenvalue weighted by molar-refractivity contribution is -0.123. The van der Waals surface area contributed by atoms with E-state index in [1.165, 1.54) is 0 Å². The average molecular weight is 396 g/mol. The summed E-state index contributed by atoms with van der Waals surface area (Å²) in [6, 6.07) is 9.93. The first-order valence-electron chi connectivity index (χ1n) is 8.09. The van der Waals surface area contributed by atoms with E-state index in [-0.39, 0.29) is 19.1 Å². The van der Waals surface area contributed by atoms with Gasteiger partial charge < -0.3 is 14.8 Å². The minimum Gasteiger partial charge on any atom is -0.493 e. The van der Waals surface area contributed by atoms with Gasteiger partial charge in [-0.1, -0.05) is 36.2 Å². The zero-order chi connectivity index (χ0) is 18.9. The van der Waals surface area contributed by atoms with Crippen LogP contribution in [0.1, 0.15) is 29.3 Å². The highest BCUT2D eigenvalue weighted by atomic mass is 35.5. The Morgan fingerprint density at radius 1 is 1.15 bits per heavy atom. The quantitative estimate of drug-likeness (QED) is 0.643. The molecule has 138 valence electrons. The van der Waals surface area contributed by atoms with Gasteiger partial charge in [0.2, 0.25) is 0 Å². The van der Waals surface area contributed by atoms with Crippen LogP contribution in [-0.4, -0.2) is 25.4 Å². The molecule has 2 aromatic rings. The lowest BCUT2D eigenvalue weighted by Crippen LogP contribution is -2.28. The Kier molecular flexibility index (Phi) is 7.75. The molecular weight excluding hydrogens is 377 g/mol. The Hall–Kier alpha value is -2.24. The molecule has 0 aliphatic rings. The van der Waals surface area contributed by atoms with Crippen LogP contribution in [0.3, 0.4) is 0 Å². The molecule has 2 aromatic carbocycles. The SMILES string of the molecule is CCCOc1ccc(C=O)c(OCC(=O)NCc2ccc(Cl)cc2Cl)c1. The predicted molar refractivity (Wildman–Crippen MR) is 101 cm³/mol. The van der Waals surface area contributed by atoms with Crippen LogP contribution in [0.15, 0.2) is 36.4 Å². The van der Waals surface area contributed by atoms with Gasteiger partial charge in [-0.3, -0.25) is 9.59 Å². The third kappa shape index (κ3) is 5.93. The number of hydrogen-bond donors (Lipinski definition) is 1. The second-order valence-electron chi connectivity index (χ2n) is 5.47. The molecule has 2 rings (SSSR count). The molecular formula is C19H19Cl2NO4. The van der Waals surface area contributed by atoms with Gasteiger partial charge in [0.1, 0.15) is 11.5 Å². The van der Waals surface area contributed by atoms with Gasteiger partial charge in [-0.05, 0) is 36.2 Å². The Bertz CT molecular complexity index is 780. The highest BCUT2D eigenvalue weighted by Crippen LogP contribution is 2.24. The molecule has 0 bridgehead atoms. The monoisotopic (exact) mass is 395 g/mol. The number of hydrogen-bond acceptors (Lipinski definition) is 4. The molecule has 0 heterocycles. The summed E-state index contributed by atoms with van der Waals surface area (Å²) >= 11 is 11.9. The van der Waals surface area contributed by atoms with E-state index in [1.807, 2.05) is 6.92 Å². The van der Waals surface area contributed by atoms with Crippen LogP contribution in [0.25, 0.3) is 0 Å². The van der Waals surface area contributed by atoms with Crippen molar-refractivity contribution in [1.29, 1.82) is 0 Å². The number of nitrogens with one attached hydrogen (secondary N) is 1. The first-order chi connectivity index (χ1) is 12.5. The largest absolute Gasteiger partial charge is 0.493 e. The van der Waals surface area contributed by atoms with Crippen molar-refractivity contribution in [3.05, 3.63) is 57.6 Å². The van der Waals surface area contributed by atoms with Gasteiger partial charge in [0.15, 0.2) is 12.9 Å². The van der Waals surface area contributed by atoms with Crippen molar-refractivity contribution in [3.8, 4) is 11.5 Å². The van der Waals surface area contributed by atoms with E-state index in [9.17, 15) is 9.59 Å². The fourth-order valence-electron chi connectivity index (χ4n) is 2.10. The fourth-order valence-corrected chi connectivity index (χ4v) is 2.58. The molecule has 0 aliphatic carbocycles. The van der Waals surface area contributed by atoms with E-state index in [1.54, 1.807) is 36.4 Å². The molecule has 0 unspecified atom stereocenters. The molecule has 7 heteroatoms. The van der Waals surface area contributed by atoms with Crippen LogP contribution in [0.4, 0.5) is 0 Å². The summed E-state index contributed by atoms with van der Waals surface area (Å²) in [7, 11) is 0. The van der Waals surface area contributed by atoms with Crippen LogP contribution < -0.4 is 14.8 Å². The molecule has 0 saturated heterocycles. The van der Waals surface area contributed by atoms with Crippen molar-refractivity contribution in [2.75, 3.05) is 13.2 Å². The minimum atomic E-state index is -0.340. The molecule has 0 aromatic heterocycles. The van der Waals surface area contributed by atoms with E-state index < -0.39 is 0 Å². The van der Waals surface area contributed by atoms with Crippen molar-refractivity contribution in [2.45, 2.75) is 19.9 Å². The van der Waals surface area contributed by atoms with Gasteiger partial charge in [-0.15, -0.1) is 0 Å². The Balaban J connectivity index is 1.92. The molecule has 1 N–H and O–H groups in total. The van der Waals surface area contributed by atoms with Crippen LogP contribution in [0.2, 0.25) is 10.0 Å². The fraction of sp³-hybridized carbons (Fsp3) is 0.263. The van der Waals surface area contributed by atoms with Crippen LogP contribution >= 0.6 is 23.2 Å². The summed E-state index contributed by atoms with van der Waals surface area (Å²) < 4.78 is 11.0. The number of aldehydes is 1. The Labute approximate surface area is 162 Å². The molecule has 0 atom stereocenters. The zero-order valence-electron chi connectivity index (χ0n) is 14.3. The lowest BCUT2D eigenvalue weighted by Gasteiger charge is -2.12. The Morgan fingerprint density at radius 3 is 2.65 bits per heavy atom. The van der Waals surface area contributed by atoms with E-state index in [0.717, 1.165) is 12.0 Å². The summed E-state index contributed by atoms with van der Waals surface area (Å²) in [5.41, 5.74) is 1.09. The van der Waals surface area contributed by atoms with E-state index in [4.69, 9.17) is 32.7 Å². The Morgan fingerprint density at radius 2 is 1.96 bits per heavy atom. The highest BCUT2D eigenvalue weighted by molar-refractivity contribution is 6.35. The number of rotatable bonds is 9. The standard InChI is InChI=1S/C19H19Cl2NO4/c1-2-7-25-16-6-4-14(11-23)18(9-16)26-12-19(24)22-10-13-3-5-15(20)8-17(13)21/h3-6,8-9,11H,2,7,10,12H2,1H3,(H,22,24). The highest BCUT2D eigenvalue weighted by Gasteiger charge is 2.09. The van der Waals surface area contributed by atoms with E-state index in [0.29, 0.717) is 40.0 Å². The number of ether oxygens (including phenoxy) is 2. The third-order valence-electron chi connectivity index (χ3n) is 3.43. The van der Waals surface area contributed by atoms with Gasteiger partial charge in [0, 0.05) is 22.7 Å². The summed E-state index contributed by atoms with van der Waals surface area (Å²) in [6.45, 7) is 2.57. The second kappa shape index (κ2) is 10.0. The van der Waals surface area contributed by atoms with Crippen molar-refractivity contribution in [1.82, 2.24) is 5.32 Å².